The van der Waals surface area contributed by atoms with Gasteiger partial charge in [0.2, 0.25) is 0 Å². The van der Waals surface area contributed by atoms with Gasteiger partial charge in [-0.2, -0.15) is 9.61 Å². The average molecular weight is 224 g/mol. The number of hydrogen-bond donors (Lipinski definition) is 0. The lowest BCUT2D eigenvalue weighted by atomic mass is 10.2. The van der Waals surface area contributed by atoms with Gasteiger partial charge in [-0.1, -0.05) is 18.2 Å². The van der Waals surface area contributed by atoms with Gasteiger partial charge in [0.25, 0.3) is 0 Å². The van der Waals surface area contributed by atoms with E-state index in [0.29, 0.717) is 10.8 Å². The first-order valence-electron chi connectivity index (χ1n) is 4.33. The van der Waals surface area contributed by atoms with Gasteiger partial charge < -0.3 is 4.90 Å². The van der Waals surface area contributed by atoms with E-state index in [9.17, 15) is 0 Å². The van der Waals surface area contributed by atoms with Gasteiger partial charge >= 0.3 is 0 Å². The van der Waals surface area contributed by atoms with Crippen LogP contribution in [0.1, 0.15) is 5.56 Å². The highest BCUT2D eigenvalue weighted by Crippen LogP contribution is 2.20. The second kappa shape index (κ2) is 3.51. The van der Waals surface area contributed by atoms with E-state index in [1.54, 1.807) is 6.07 Å². The molecule has 0 aliphatic heterocycles. The lowest BCUT2D eigenvalue weighted by Crippen LogP contribution is -2.10. The summed E-state index contributed by atoms with van der Waals surface area (Å²) < 4.78 is 1.53. The second-order valence-electron chi connectivity index (χ2n) is 3.32. The van der Waals surface area contributed by atoms with Crippen LogP contribution in [0, 0.1) is 0 Å². The van der Waals surface area contributed by atoms with Gasteiger partial charge in [-0.25, -0.2) is 0 Å². The Bertz CT molecular complexity index is 516. The van der Waals surface area contributed by atoms with Gasteiger partial charge in [0.1, 0.15) is 6.33 Å². The molecule has 0 atom stereocenters. The van der Waals surface area contributed by atoms with Gasteiger partial charge in [0, 0.05) is 25.4 Å². The molecule has 2 aromatic rings. The Morgan fingerprint density at radius 2 is 2.27 bits per heavy atom. The SMILES string of the molecule is C=C(c1cc(Cl)nn2cnnc12)N(C)C. The summed E-state index contributed by atoms with van der Waals surface area (Å²) in [5, 5.41) is 12.2. The van der Waals surface area contributed by atoms with Crippen molar-refractivity contribution in [1.82, 2.24) is 24.7 Å². The summed E-state index contributed by atoms with van der Waals surface area (Å²) in [5.74, 6) is 0. The molecular weight excluding hydrogens is 214 g/mol. The number of rotatable bonds is 2. The molecule has 0 saturated carbocycles. The fourth-order valence-corrected chi connectivity index (χ4v) is 1.44. The third kappa shape index (κ3) is 1.66. The van der Waals surface area contributed by atoms with Gasteiger partial charge in [-0.3, -0.25) is 0 Å². The lowest BCUT2D eigenvalue weighted by Gasteiger charge is -2.15. The topological polar surface area (TPSA) is 46.3 Å². The Balaban J connectivity index is 2.68. The Hall–Kier alpha value is -1.62. The first-order valence-corrected chi connectivity index (χ1v) is 4.70. The Morgan fingerprint density at radius 1 is 1.53 bits per heavy atom. The summed E-state index contributed by atoms with van der Waals surface area (Å²) >= 11 is 5.88. The molecular formula is C9H10ClN5. The lowest BCUT2D eigenvalue weighted by molar-refractivity contribution is 0.593. The summed E-state index contributed by atoms with van der Waals surface area (Å²) in [5.41, 5.74) is 2.30. The van der Waals surface area contributed by atoms with Crippen LogP contribution in [0.3, 0.4) is 0 Å². The monoisotopic (exact) mass is 223 g/mol. The Labute approximate surface area is 92.0 Å². The first-order chi connectivity index (χ1) is 7.09. The van der Waals surface area contributed by atoms with Crippen molar-refractivity contribution in [3.05, 3.63) is 29.7 Å². The standard InChI is InChI=1S/C9H10ClN5/c1-6(14(2)3)7-4-8(10)13-15-5-11-12-9(7)15/h4-5H,1H2,2-3H3. The van der Waals surface area contributed by atoms with E-state index in [4.69, 9.17) is 11.6 Å². The predicted octanol–water partition coefficient (Wildman–Crippen LogP) is 1.31. The van der Waals surface area contributed by atoms with E-state index in [1.807, 2.05) is 19.0 Å². The third-order valence-electron chi connectivity index (χ3n) is 2.09. The number of aromatic nitrogens is 4. The molecule has 0 N–H and O–H groups in total. The molecule has 0 fully saturated rings. The average Bonchev–Trinajstić information content (AvgIpc) is 2.62. The van der Waals surface area contributed by atoms with Crippen LogP contribution in [0.25, 0.3) is 11.3 Å². The molecule has 0 amide bonds. The molecule has 2 rings (SSSR count). The molecule has 0 aliphatic carbocycles. The van der Waals surface area contributed by atoms with Crippen molar-refractivity contribution < 1.29 is 0 Å². The summed E-state index contributed by atoms with van der Waals surface area (Å²) in [6, 6.07) is 1.73. The highest BCUT2D eigenvalue weighted by atomic mass is 35.5. The zero-order chi connectivity index (χ0) is 11.0. The van der Waals surface area contributed by atoms with E-state index < -0.39 is 0 Å². The maximum absolute atomic E-state index is 5.88. The molecule has 78 valence electrons. The highest BCUT2D eigenvalue weighted by Gasteiger charge is 2.11. The van der Waals surface area contributed by atoms with Gasteiger partial charge in [0.15, 0.2) is 10.8 Å². The van der Waals surface area contributed by atoms with E-state index in [0.717, 1.165) is 11.3 Å². The van der Waals surface area contributed by atoms with Gasteiger partial charge in [-0.05, 0) is 6.07 Å². The first kappa shape index (κ1) is 9.92. The van der Waals surface area contributed by atoms with Crippen LogP contribution in [0.5, 0.6) is 0 Å². The molecule has 5 nitrogen and oxygen atoms in total. The molecule has 2 heterocycles. The largest absolute Gasteiger partial charge is 0.378 e. The molecule has 6 heteroatoms. The molecule has 0 saturated heterocycles. The maximum atomic E-state index is 5.88. The molecule has 0 bridgehead atoms. The van der Waals surface area contributed by atoms with Crippen LogP contribution in [-0.2, 0) is 0 Å². The maximum Gasteiger partial charge on any atom is 0.186 e. The zero-order valence-electron chi connectivity index (χ0n) is 8.48. The van der Waals surface area contributed by atoms with E-state index >= 15 is 0 Å². The van der Waals surface area contributed by atoms with Crippen LogP contribution in [0.15, 0.2) is 19.0 Å². The van der Waals surface area contributed by atoms with Crippen molar-refractivity contribution >= 4 is 22.9 Å². The molecule has 0 aliphatic rings. The zero-order valence-corrected chi connectivity index (χ0v) is 9.23. The normalized spacial score (nSPS) is 10.6. The van der Waals surface area contributed by atoms with Crippen LogP contribution in [-0.4, -0.2) is 38.8 Å². The number of hydrogen-bond acceptors (Lipinski definition) is 4. The van der Waals surface area contributed by atoms with Gasteiger partial charge in [0.05, 0.1) is 0 Å². The molecule has 0 spiro atoms. The van der Waals surface area contributed by atoms with Crippen molar-refractivity contribution in [3.63, 3.8) is 0 Å². The molecule has 15 heavy (non-hydrogen) atoms. The van der Waals surface area contributed by atoms with Crippen molar-refractivity contribution in [3.8, 4) is 0 Å². The fraction of sp³-hybridized carbons (Fsp3) is 0.222. The van der Waals surface area contributed by atoms with Crippen LogP contribution in [0.2, 0.25) is 5.15 Å². The second-order valence-corrected chi connectivity index (χ2v) is 3.71. The van der Waals surface area contributed by atoms with E-state index in [1.165, 1.54) is 10.8 Å². The minimum Gasteiger partial charge on any atom is -0.378 e. The summed E-state index contributed by atoms with van der Waals surface area (Å²) in [7, 11) is 3.81. The fourth-order valence-electron chi connectivity index (χ4n) is 1.25. The molecule has 0 radical (unpaired) electrons. The number of nitrogens with zero attached hydrogens (tertiary/aromatic N) is 5. The molecule has 2 aromatic heterocycles. The highest BCUT2D eigenvalue weighted by molar-refractivity contribution is 6.29. The van der Waals surface area contributed by atoms with Crippen LogP contribution < -0.4 is 0 Å². The smallest absolute Gasteiger partial charge is 0.186 e. The minimum atomic E-state index is 0.389. The minimum absolute atomic E-state index is 0.389. The summed E-state index contributed by atoms with van der Waals surface area (Å²) in [6.45, 7) is 3.95. The predicted molar refractivity (Wildman–Crippen MR) is 58.5 cm³/mol. The van der Waals surface area contributed by atoms with Crippen molar-refractivity contribution in [2.45, 2.75) is 0 Å². The molecule has 0 aromatic carbocycles. The van der Waals surface area contributed by atoms with E-state index in [2.05, 4.69) is 21.9 Å². The Kier molecular flexibility index (Phi) is 2.32. The summed E-state index contributed by atoms with van der Waals surface area (Å²) in [4.78, 5) is 1.89. The van der Waals surface area contributed by atoms with Crippen molar-refractivity contribution in [2.24, 2.45) is 0 Å². The summed E-state index contributed by atoms with van der Waals surface area (Å²) in [6.07, 6.45) is 1.51. The Morgan fingerprint density at radius 3 is 2.93 bits per heavy atom. The van der Waals surface area contributed by atoms with Crippen LogP contribution >= 0.6 is 11.6 Å². The third-order valence-corrected chi connectivity index (χ3v) is 2.27. The van der Waals surface area contributed by atoms with Crippen molar-refractivity contribution in [1.29, 1.82) is 0 Å². The van der Waals surface area contributed by atoms with Gasteiger partial charge in [-0.15, -0.1) is 10.2 Å². The van der Waals surface area contributed by atoms with Crippen molar-refractivity contribution in [2.75, 3.05) is 14.1 Å². The quantitative estimate of drug-likeness (QED) is 0.770. The van der Waals surface area contributed by atoms with E-state index in [-0.39, 0.29) is 0 Å². The molecule has 0 unspecified atom stereocenters. The number of fused-ring (bicyclic) bond motifs is 1. The van der Waals surface area contributed by atoms with Crippen LogP contribution in [0.4, 0.5) is 0 Å². The number of halogens is 1.